The lowest BCUT2D eigenvalue weighted by molar-refractivity contribution is 0.0625. The van der Waals surface area contributed by atoms with E-state index < -0.39 is 0 Å². The van der Waals surface area contributed by atoms with Crippen LogP contribution in [0.3, 0.4) is 0 Å². The van der Waals surface area contributed by atoms with Gasteiger partial charge in [-0.25, -0.2) is 0 Å². The fraction of sp³-hybridized carbons (Fsp3) is 0.375. The Morgan fingerprint density at radius 2 is 2.15 bits per heavy atom. The van der Waals surface area contributed by atoms with Gasteiger partial charge in [0.2, 0.25) is 0 Å². The Kier molecular flexibility index (Phi) is 3.65. The quantitative estimate of drug-likeness (QED) is 0.909. The molecule has 2 aromatic rings. The van der Waals surface area contributed by atoms with E-state index in [2.05, 4.69) is 4.98 Å². The van der Waals surface area contributed by atoms with E-state index in [9.17, 15) is 4.79 Å². The van der Waals surface area contributed by atoms with Crippen LogP contribution in [0.15, 0.2) is 36.5 Å². The summed E-state index contributed by atoms with van der Waals surface area (Å²) in [6.45, 7) is 1.34. The highest BCUT2D eigenvalue weighted by Gasteiger charge is 2.27. The Labute approximate surface area is 118 Å². The lowest BCUT2D eigenvalue weighted by Crippen LogP contribution is -2.47. The molecule has 4 heteroatoms. The summed E-state index contributed by atoms with van der Waals surface area (Å²) in [5, 5.41) is 0.918. The van der Waals surface area contributed by atoms with Gasteiger partial charge in [-0.3, -0.25) is 9.78 Å². The van der Waals surface area contributed by atoms with Gasteiger partial charge in [-0.2, -0.15) is 0 Å². The van der Waals surface area contributed by atoms with Crippen LogP contribution in [0, 0.1) is 0 Å². The van der Waals surface area contributed by atoms with Crippen molar-refractivity contribution < 1.29 is 4.79 Å². The highest BCUT2D eigenvalue weighted by molar-refractivity contribution is 6.06. The highest BCUT2D eigenvalue weighted by Crippen LogP contribution is 2.23. The van der Waals surface area contributed by atoms with Gasteiger partial charge < -0.3 is 10.6 Å². The van der Waals surface area contributed by atoms with Crippen LogP contribution in [-0.2, 0) is 0 Å². The summed E-state index contributed by atoms with van der Waals surface area (Å²) in [5.41, 5.74) is 7.41. The monoisotopic (exact) mass is 269 g/mol. The molecule has 4 nitrogen and oxygen atoms in total. The van der Waals surface area contributed by atoms with Gasteiger partial charge in [0, 0.05) is 30.7 Å². The molecule has 1 aliphatic heterocycles. The second-order valence-corrected chi connectivity index (χ2v) is 5.26. The van der Waals surface area contributed by atoms with Crippen LogP contribution in [0.25, 0.3) is 10.9 Å². The summed E-state index contributed by atoms with van der Waals surface area (Å²) in [6, 6.07) is 9.75. The molecule has 0 radical (unpaired) electrons. The Hall–Kier alpha value is -1.94. The number of nitrogens with two attached hydrogens (primary N) is 1. The number of rotatable bonds is 2. The molecule has 0 bridgehead atoms. The molecule has 1 saturated heterocycles. The maximum atomic E-state index is 12.8. The SMILES string of the molecule is NCC1CCCCN1C(=O)c1ccnc2ccccc12. The highest BCUT2D eigenvalue weighted by atomic mass is 16.2. The summed E-state index contributed by atoms with van der Waals surface area (Å²) >= 11 is 0. The minimum Gasteiger partial charge on any atom is -0.334 e. The van der Waals surface area contributed by atoms with Crippen LogP contribution < -0.4 is 5.73 Å². The fourth-order valence-corrected chi connectivity index (χ4v) is 2.95. The zero-order valence-electron chi connectivity index (χ0n) is 11.5. The number of fused-ring (bicyclic) bond motifs is 1. The number of para-hydroxylation sites is 1. The third-order valence-electron chi connectivity index (χ3n) is 4.04. The normalized spacial score (nSPS) is 19.2. The van der Waals surface area contributed by atoms with Crippen LogP contribution in [-0.4, -0.2) is 34.9 Å². The number of carbonyl (C=O) groups is 1. The van der Waals surface area contributed by atoms with E-state index in [1.165, 1.54) is 0 Å². The molecule has 0 spiro atoms. The molecule has 20 heavy (non-hydrogen) atoms. The molecular formula is C16H19N3O. The second kappa shape index (κ2) is 5.59. The largest absolute Gasteiger partial charge is 0.334 e. The van der Waals surface area contributed by atoms with Gasteiger partial charge in [0.1, 0.15) is 0 Å². The van der Waals surface area contributed by atoms with Crippen molar-refractivity contribution in [1.29, 1.82) is 0 Å². The Morgan fingerprint density at radius 3 is 3.00 bits per heavy atom. The number of amides is 1. The molecule has 1 aliphatic rings. The zero-order chi connectivity index (χ0) is 13.9. The first-order valence-corrected chi connectivity index (χ1v) is 7.16. The first-order chi connectivity index (χ1) is 9.81. The molecule has 0 aliphatic carbocycles. The van der Waals surface area contributed by atoms with E-state index in [1.807, 2.05) is 35.2 Å². The summed E-state index contributed by atoms with van der Waals surface area (Å²) in [6.07, 6.45) is 4.93. The van der Waals surface area contributed by atoms with Gasteiger partial charge >= 0.3 is 0 Å². The van der Waals surface area contributed by atoms with E-state index in [0.717, 1.165) is 42.3 Å². The third-order valence-corrected chi connectivity index (χ3v) is 4.04. The first kappa shape index (κ1) is 13.1. The minimum atomic E-state index is 0.0822. The van der Waals surface area contributed by atoms with Crippen molar-refractivity contribution in [3.8, 4) is 0 Å². The van der Waals surface area contributed by atoms with Crippen molar-refractivity contribution in [3.63, 3.8) is 0 Å². The average Bonchev–Trinajstić information content (AvgIpc) is 2.53. The summed E-state index contributed by atoms with van der Waals surface area (Å²) in [7, 11) is 0. The number of carbonyl (C=O) groups excluding carboxylic acids is 1. The van der Waals surface area contributed by atoms with Crippen LogP contribution >= 0.6 is 0 Å². The molecule has 1 atom stereocenters. The Bertz CT molecular complexity index is 621. The van der Waals surface area contributed by atoms with Gasteiger partial charge in [0.15, 0.2) is 0 Å². The molecule has 1 unspecified atom stereocenters. The van der Waals surface area contributed by atoms with Crippen LogP contribution in [0.5, 0.6) is 0 Å². The standard InChI is InChI=1S/C16H19N3O/c17-11-12-5-3-4-10-19(12)16(20)14-8-9-18-15-7-2-1-6-13(14)15/h1-2,6-9,12H,3-5,10-11,17H2. The number of nitrogens with zero attached hydrogens (tertiary/aromatic N) is 2. The van der Waals surface area contributed by atoms with Crippen molar-refractivity contribution in [2.75, 3.05) is 13.1 Å². The van der Waals surface area contributed by atoms with E-state index in [0.29, 0.717) is 6.54 Å². The molecular weight excluding hydrogens is 250 g/mol. The van der Waals surface area contributed by atoms with Gasteiger partial charge in [0.05, 0.1) is 11.1 Å². The Balaban J connectivity index is 1.99. The first-order valence-electron chi connectivity index (χ1n) is 7.16. The average molecular weight is 269 g/mol. The summed E-state index contributed by atoms with van der Waals surface area (Å²) < 4.78 is 0. The molecule has 3 rings (SSSR count). The molecule has 2 heterocycles. The van der Waals surface area contributed by atoms with Crippen LogP contribution in [0.2, 0.25) is 0 Å². The smallest absolute Gasteiger partial charge is 0.254 e. The van der Waals surface area contributed by atoms with E-state index in [-0.39, 0.29) is 11.9 Å². The lowest BCUT2D eigenvalue weighted by atomic mass is 10.00. The molecule has 1 fully saturated rings. The maximum Gasteiger partial charge on any atom is 0.254 e. The van der Waals surface area contributed by atoms with Crippen molar-refractivity contribution in [2.45, 2.75) is 25.3 Å². The maximum absolute atomic E-state index is 12.8. The van der Waals surface area contributed by atoms with Crippen molar-refractivity contribution >= 4 is 16.8 Å². The van der Waals surface area contributed by atoms with Gasteiger partial charge in [-0.1, -0.05) is 18.2 Å². The fourth-order valence-electron chi connectivity index (χ4n) is 2.95. The molecule has 104 valence electrons. The van der Waals surface area contributed by atoms with Crippen LogP contribution in [0.4, 0.5) is 0 Å². The number of likely N-dealkylation sites (tertiary alicyclic amines) is 1. The molecule has 1 amide bonds. The molecule has 2 N–H and O–H groups in total. The number of pyridine rings is 1. The van der Waals surface area contributed by atoms with Gasteiger partial charge in [0.25, 0.3) is 5.91 Å². The third kappa shape index (κ3) is 2.27. The number of piperidine rings is 1. The predicted molar refractivity (Wildman–Crippen MR) is 79.5 cm³/mol. The van der Waals surface area contributed by atoms with Gasteiger partial charge in [-0.15, -0.1) is 0 Å². The second-order valence-electron chi connectivity index (χ2n) is 5.26. The molecule has 0 saturated carbocycles. The summed E-state index contributed by atoms with van der Waals surface area (Å²) in [4.78, 5) is 19.1. The van der Waals surface area contributed by atoms with E-state index >= 15 is 0 Å². The molecule has 1 aromatic carbocycles. The zero-order valence-corrected chi connectivity index (χ0v) is 11.5. The van der Waals surface area contributed by atoms with Crippen molar-refractivity contribution in [2.24, 2.45) is 5.73 Å². The number of hydrogen-bond acceptors (Lipinski definition) is 3. The van der Waals surface area contributed by atoms with Crippen molar-refractivity contribution in [3.05, 3.63) is 42.1 Å². The van der Waals surface area contributed by atoms with E-state index in [1.54, 1.807) is 6.20 Å². The number of benzene rings is 1. The lowest BCUT2D eigenvalue weighted by Gasteiger charge is -2.35. The number of hydrogen-bond donors (Lipinski definition) is 1. The Morgan fingerprint density at radius 1 is 1.30 bits per heavy atom. The van der Waals surface area contributed by atoms with Crippen LogP contribution in [0.1, 0.15) is 29.6 Å². The van der Waals surface area contributed by atoms with Crippen molar-refractivity contribution in [1.82, 2.24) is 9.88 Å². The topological polar surface area (TPSA) is 59.2 Å². The summed E-state index contributed by atoms with van der Waals surface area (Å²) in [5.74, 6) is 0.0822. The molecule has 1 aromatic heterocycles. The van der Waals surface area contributed by atoms with E-state index in [4.69, 9.17) is 5.73 Å². The minimum absolute atomic E-state index is 0.0822. The van der Waals surface area contributed by atoms with Gasteiger partial charge in [-0.05, 0) is 31.4 Å². The predicted octanol–water partition coefficient (Wildman–Crippen LogP) is 2.19. The number of aromatic nitrogens is 1.